The van der Waals surface area contributed by atoms with Crippen LogP contribution in [0, 0.1) is 0 Å². The van der Waals surface area contributed by atoms with Crippen LogP contribution in [0.1, 0.15) is 15.9 Å². The van der Waals surface area contributed by atoms with Gasteiger partial charge < -0.3 is 5.32 Å². The molecule has 1 aliphatic heterocycles. The zero-order chi connectivity index (χ0) is 14.2. The van der Waals surface area contributed by atoms with Gasteiger partial charge in [-0.1, -0.05) is 24.3 Å². The molecule has 2 aromatic carbocycles. The maximum absolute atomic E-state index is 12.3. The smallest absolute Gasteiger partial charge is 0.261 e. The first kappa shape index (κ1) is 12.7. The molecular formula is C14H12N2O3S. The molecule has 0 atom stereocenters. The molecule has 102 valence electrons. The van der Waals surface area contributed by atoms with Crippen LogP contribution in [0.3, 0.4) is 0 Å². The quantitative estimate of drug-likeness (QED) is 0.903. The summed E-state index contributed by atoms with van der Waals surface area (Å²) in [6.45, 7) is 0.335. The molecule has 2 N–H and O–H groups in total. The highest BCUT2D eigenvalue weighted by atomic mass is 32.2. The van der Waals surface area contributed by atoms with Crippen LogP contribution in [0.5, 0.6) is 0 Å². The maximum atomic E-state index is 12.3. The lowest BCUT2D eigenvalue weighted by molar-refractivity contribution is 0.0965. The average Bonchev–Trinajstić information content (AvgIpc) is 2.83. The van der Waals surface area contributed by atoms with E-state index in [-0.39, 0.29) is 10.8 Å². The first-order valence-electron chi connectivity index (χ1n) is 6.06. The van der Waals surface area contributed by atoms with Crippen molar-refractivity contribution in [2.75, 3.05) is 4.72 Å². The average molecular weight is 288 g/mol. The van der Waals surface area contributed by atoms with E-state index in [9.17, 15) is 13.2 Å². The predicted octanol–water partition coefficient (Wildman–Crippen LogP) is 1.73. The van der Waals surface area contributed by atoms with Crippen molar-refractivity contribution >= 4 is 21.6 Å². The summed E-state index contributed by atoms with van der Waals surface area (Å²) in [5, 5.41) is 2.68. The molecular weight excluding hydrogens is 276 g/mol. The van der Waals surface area contributed by atoms with E-state index in [2.05, 4.69) is 10.0 Å². The van der Waals surface area contributed by atoms with Crippen LogP contribution in [-0.2, 0) is 16.6 Å². The Morgan fingerprint density at radius 2 is 1.75 bits per heavy atom. The van der Waals surface area contributed by atoms with Gasteiger partial charge in [0.25, 0.3) is 15.9 Å². The van der Waals surface area contributed by atoms with E-state index in [0.29, 0.717) is 23.4 Å². The molecule has 6 heteroatoms. The fraction of sp³-hybridized carbons (Fsp3) is 0.0714. The topological polar surface area (TPSA) is 75.3 Å². The zero-order valence-electron chi connectivity index (χ0n) is 10.5. The number of hydrogen-bond acceptors (Lipinski definition) is 3. The summed E-state index contributed by atoms with van der Waals surface area (Å²) in [6, 6.07) is 13.1. The number of benzene rings is 2. The SMILES string of the molecule is O=C1NCc2c(NS(=O)(=O)c3ccccc3)cccc21. The van der Waals surface area contributed by atoms with Crippen molar-refractivity contribution < 1.29 is 13.2 Å². The van der Waals surface area contributed by atoms with Gasteiger partial charge >= 0.3 is 0 Å². The van der Waals surface area contributed by atoms with Gasteiger partial charge in [0.1, 0.15) is 0 Å². The van der Waals surface area contributed by atoms with Gasteiger partial charge in [-0.25, -0.2) is 8.42 Å². The highest BCUT2D eigenvalue weighted by Gasteiger charge is 2.23. The summed E-state index contributed by atoms with van der Waals surface area (Å²) in [4.78, 5) is 11.8. The van der Waals surface area contributed by atoms with E-state index in [4.69, 9.17) is 0 Å². The Labute approximate surface area is 116 Å². The molecule has 3 rings (SSSR count). The molecule has 0 aliphatic carbocycles. The standard InChI is InChI=1S/C14H12N2O3S/c17-14-11-7-4-8-13(12(11)9-15-14)16-20(18,19)10-5-2-1-3-6-10/h1-8,16H,9H2,(H,15,17). The Bertz CT molecular complexity index is 770. The fourth-order valence-corrected chi connectivity index (χ4v) is 3.27. The number of fused-ring (bicyclic) bond motifs is 1. The number of carbonyl (C=O) groups is 1. The Morgan fingerprint density at radius 1 is 1.00 bits per heavy atom. The lowest BCUT2D eigenvalue weighted by Gasteiger charge is -2.11. The molecule has 0 saturated heterocycles. The van der Waals surface area contributed by atoms with Crippen LogP contribution in [0.25, 0.3) is 0 Å². The minimum Gasteiger partial charge on any atom is -0.348 e. The van der Waals surface area contributed by atoms with Crippen LogP contribution >= 0.6 is 0 Å². The van der Waals surface area contributed by atoms with Crippen LogP contribution in [0.2, 0.25) is 0 Å². The number of nitrogens with one attached hydrogen (secondary N) is 2. The molecule has 2 aromatic rings. The second-order valence-electron chi connectivity index (χ2n) is 4.43. The van der Waals surface area contributed by atoms with E-state index in [1.807, 2.05) is 0 Å². The highest BCUT2D eigenvalue weighted by Crippen LogP contribution is 2.26. The van der Waals surface area contributed by atoms with Crippen molar-refractivity contribution in [3.8, 4) is 0 Å². The van der Waals surface area contributed by atoms with E-state index in [0.717, 1.165) is 0 Å². The van der Waals surface area contributed by atoms with E-state index >= 15 is 0 Å². The van der Waals surface area contributed by atoms with Gasteiger partial charge in [-0.3, -0.25) is 9.52 Å². The molecule has 0 fully saturated rings. The molecule has 0 unspecified atom stereocenters. The van der Waals surface area contributed by atoms with Crippen molar-refractivity contribution in [1.29, 1.82) is 0 Å². The van der Waals surface area contributed by atoms with E-state index in [1.54, 1.807) is 36.4 Å². The van der Waals surface area contributed by atoms with Gasteiger partial charge in [0.15, 0.2) is 0 Å². The Kier molecular flexibility index (Phi) is 2.94. The molecule has 0 spiro atoms. The van der Waals surface area contributed by atoms with Crippen molar-refractivity contribution in [3.63, 3.8) is 0 Å². The first-order valence-corrected chi connectivity index (χ1v) is 7.54. The normalized spacial score (nSPS) is 13.7. The molecule has 5 nitrogen and oxygen atoms in total. The van der Waals surface area contributed by atoms with Crippen LogP contribution < -0.4 is 10.0 Å². The van der Waals surface area contributed by atoms with Crippen LogP contribution in [-0.4, -0.2) is 14.3 Å². The molecule has 0 aromatic heterocycles. The third-order valence-corrected chi connectivity index (χ3v) is 4.53. The van der Waals surface area contributed by atoms with Crippen LogP contribution in [0.4, 0.5) is 5.69 Å². The minimum absolute atomic E-state index is 0.180. The highest BCUT2D eigenvalue weighted by molar-refractivity contribution is 7.92. The van der Waals surface area contributed by atoms with Crippen molar-refractivity contribution in [3.05, 3.63) is 59.7 Å². The molecule has 1 aliphatic rings. The third kappa shape index (κ3) is 2.14. The second-order valence-corrected chi connectivity index (χ2v) is 6.12. The Balaban J connectivity index is 1.99. The number of amides is 1. The molecule has 20 heavy (non-hydrogen) atoms. The summed E-state index contributed by atoms with van der Waals surface area (Å²) in [5.41, 5.74) is 1.62. The van der Waals surface area contributed by atoms with Crippen LogP contribution in [0.15, 0.2) is 53.4 Å². The number of sulfonamides is 1. The number of hydrogen-bond donors (Lipinski definition) is 2. The molecule has 1 heterocycles. The number of rotatable bonds is 3. The Hall–Kier alpha value is -2.34. The molecule has 0 bridgehead atoms. The number of anilines is 1. The van der Waals surface area contributed by atoms with Gasteiger partial charge in [0, 0.05) is 17.7 Å². The molecule has 1 amide bonds. The summed E-state index contributed by atoms with van der Waals surface area (Å²) < 4.78 is 27.1. The zero-order valence-corrected chi connectivity index (χ0v) is 11.3. The van der Waals surface area contributed by atoms with E-state index < -0.39 is 10.0 Å². The molecule has 0 saturated carbocycles. The summed E-state index contributed by atoms with van der Waals surface area (Å²) in [5.74, 6) is -0.180. The lowest BCUT2D eigenvalue weighted by Crippen LogP contribution is -2.14. The summed E-state index contributed by atoms with van der Waals surface area (Å²) in [7, 11) is -3.64. The third-order valence-electron chi connectivity index (χ3n) is 3.14. The van der Waals surface area contributed by atoms with Gasteiger partial charge in [0.05, 0.1) is 10.6 Å². The first-order chi connectivity index (χ1) is 9.58. The second kappa shape index (κ2) is 4.64. The predicted molar refractivity (Wildman–Crippen MR) is 74.9 cm³/mol. The van der Waals surface area contributed by atoms with Crippen molar-refractivity contribution in [1.82, 2.24) is 5.32 Å². The van der Waals surface area contributed by atoms with Gasteiger partial charge in [-0.05, 0) is 24.3 Å². The monoisotopic (exact) mass is 288 g/mol. The Morgan fingerprint density at radius 3 is 2.50 bits per heavy atom. The fourth-order valence-electron chi connectivity index (χ4n) is 2.15. The van der Waals surface area contributed by atoms with Gasteiger partial charge in [0.2, 0.25) is 0 Å². The summed E-state index contributed by atoms with van der Waals surface area (Å²) >= 11 is 0. The number of carbonyl (C=O) groups excluding carboxylic acids is 1. The van der Waals surface area contributed by atoms with E-state index in [1.165, 1.54) is 12.1 Å². The summed E-state index contributed by atoms with van der Waals surface area (Å²) in [6.07, 6.45) is 0. The van der Waals surface area contributed by atoms with Gasteiger partial charge in [-0.15, -0.1) is 0 Å². The van der Waals surface area contributed by atoms with Gasteiger partial charge in [-0.2, -0.15) is 0 Å². The van der Waals surface area contributed by atoms with Crippen molar-refractivity contribution in [2.24, 2.45) is 0 Å². The van der Waals surface area contributed by atoms with Crippen molar-refractivity contribution in [2.45, 2.75) is 11.4 Å². The maximum Gasteiger partial charge on any atom is 0.261 e. The molecule has 0 radical (unpaired) electrons. The minimum atomic E-state index is -3.64. The lowest BCUT2D eigenvalue weighted by atomic mass is 10.1. The largest absolute Gasteiger partial charge is 0.348 e.